The smallest absolute Gasteiger partial charge is 0.250 e. The maximum atomic E-state index is 11.4. The van der Waals surface area contributed by atoms with Crippen molar-refractivity contribution in [3.63, 3.8) is 0 Å². The van der Waals surface area contributed by atoms with Crippen molar-refractivity contribution in [3.05, 3.63) is 18.1 Å². The van der Waals surface area contributed by atoms with E-state index in [1.807, 2.05) is 6.92 Å². The van der Waals surface area contributed by atoms with E-state index in [9.17, 15) is 4.79 Å². The van der Waals surface area contributed by atoms with E-state index >= 15 is 0 Å². The molecule has 6 nitrogen and oxygen atoms in total. The molecule has 1 aromatic heterocycles. The zero-order valence-corrected chi connectivity index (χ0v) is 9.10. The van der Waals surface area contributed by atoms with Crippen molar-refractivity contribution in [1.29, 1.82) is 0 Å². The lowest BCUT2D eigenvalue weighted by Crippen LogP contribution is -2.29. The van der Waals surface area contributed by atoms with E-state index in [-0.39, 0.29) is 11.9 Å². The SMILES string of the molecule is CCC1N=C(c2cc(OC)ncn2)NC1=O. The van der Waals surface area contributed by atoms with Gasteiger partial charge in [-0.25, -0.2) is 9.97 Å². The molecule has 0 bridgehead atoms. The van der Waals surface area contributed by atoms with Gasteiger partial charge in [0.2, 0.25) is 11.8 Å². The minimum absolute atomic E-state index is 0.0879. The molecule has 0 saturated heterocycles. The van der Waals surface area contributed by atoms with Gasteiger partial charge in [0.15, 0.2) is 5.84 Å². The molecule has 2 rings (SSSR count). The molecular formula is C10H12N4O2. The third-order valence-corrected chi connectivity index (χ3v) is 2.31. The number of amidine groups is 1. The average molecular weight is 220 g/mol. The third kappa shape index (κ3) is 1.86. The summed E-state index contributed by atoms with van der Waals surface area (Å²) in [7, 11) is 1.52. The molecule has 1 aliphatic rings. The molecule has 1 aliphatic heterocycles. The highest BCUT2D eigenvalue weighted by Gasteiger charge is 2.26. The molecule has 0 aromatic carbocycles. The molecule has 1 N–H and O–H groups in total. The summed E-state index contributed by atoms with van der Waals surface area (Å²) in [5, 5.41) is 2.69. The Bertz CT molecular complexity index is 444. The summed E-state index contributed by atoms with van der Waals surface area (Å²) in [6.07, 6.45) is 2.06. The Morgan fingerprint density at radius 3 is 2.94 bits per heavy atom. The highest BCUT2D eigenvalue weighted by Crippen LogP contribution is 2.11. The number of ether oxygens (including phenoxy) is 1. The number of carbonyl (C=O) groups excluding carboxylic acids is 1. The largest absolute Gasteiger partial charge is 0.481 e. The first kappa shape index (κ1) is 10.5. The standard InChI is InChI=1S/C10H12N4O2/c1-3-6-10(15)14-9(13-6)7-4-8(16-2)12-5-11-7/h4-6H,3H2,1-2H3,(H,13,14,15). The van der Waals surface area contributed by atoms with Crippen LogP contribution in [0, 0.1) is 0 Å². The van der Waals surface area contributed by atoms with Crippen LogP contribution in [0.2, 0.25) is 0 Å². The van der Waals surface area contributed by atoms with E-state index in [2.05, 4.69) is 20.3 Å². The fraction of sp³-hybridized carbons (Fsp3) is 0.400. The van der Waals surface area contributed by atoms with Gasteiger partial charge < -0.3 is 10.1 Å². The molecule has 1 amide bonds. The molecule has 84 valence electrons. The molecule has 0 saturated carbocycles. The van der Waals surface area contributed by atoms with Crippen molar-refractivity contribution in [2.45, 2.75) is 19.4 Å². The Hall–Kier alpha value is -1.98. The number of nitrogens with zero attached hydrogens (tertiary/aromatic N) is 3. The lowest BCUT2D eigenvalue weighted by molar-refractivity contribution is -0.120. The van der Waals surface area contributed by atoms with Crippen LogP contribution in [0.3, 0.4) is 0 Å². The van der Waals surface area contributed by atoms with Gasteiger partial charge in [0, 0.05) is 6.07 Å². The van der Waals surface area contributed by atoms with E-state index in [4.69, 9.17) is 4.74 Å². The van der Waals surface area contributed by atoms with E-state index < -0.39 is 0 Å². The molecule has 0 fully saturated rings. The monoisotopic (exact) mass is 220 g/mol. The first-order valence-electron chi connectivity index (χ1n) is 4.99. The van der Waals surface area contributed by atoms with Crippen molar-refractivity contribution in [1.82, 2.24) is 15.3 Å². The highest BCUT2D eigenvalue weighted by atomic mass is 16.5. The van der Waals surface area contributed by atoms with E-state index in [0.29, 0.717) is 23.8 Å². The molecule has 0 aliphatic carbocycles. The molecule has 0 radical (unpaired) electrons. The van der Waals surface area contributed by atoms with Gasteiger partial charge in [-0.1, -0.05) is 6.92 Å². The van der Waals surface area contributed by atoms with Crippen molar-refractivity contribution in [2.75, 3.05) is 7.11 Å². The third-order valence-electron chi connectivity index (χ3n) is 2.31. The van der Waals surface area contributed by atoms with Crippen LogP contribution < -0.4 is 10.1 Å². The molecule has 1 unspecified atom stereocenters. The number of carbonyl (C=O) groups is 1. The number of rotatable bonds is 3. The zero-order chi connectivity index (χ0) is 11.5. The van der Waals surface area contributed by atoms with Gasteiger partial charge in [-0.2, -0.15) is 0 Å². The van der Waals surface area contributed by atoms with Gasteiger partial charge in [0.25, 0.3) is 0 Å². The molecular weight excluding hydrogens is 208 g/mol. The quantitative estimate of drug-likeness (QED) is 0.786. The van der Waals surface area contributed by atoms with Crippen molar-refractivity contribution in [3.8, 4) is 5.88 Å². The molecule has 1 aromatic rings. The summed E-state index contributed by atoms with van der Waals surface area (Å²) in [4.78, 5) is 23.6. The second-order valence-electron chi connectivity index (χ2n) is 3.34. The molecule has 16 heavy (non-hydrogen) atoms. The summed E-state index contributed by atoms with van der Waals surface area (Å²) < 4.78 is 4.98. The average Bonchev–Trinajstić information content (AvgIpc) is 2.71. The van der Waals surface area contributed by atoms with Gasteiger partial charge >= 0.3 is 0 Å². The fourth-order valence-electron chi connectivity index (χ4n) is 1.43. The minimum Gasteiger partial charge on any atom is -0.481 e. The van der Waals surface area contributed by atoms with Crippen LogP contribution in [0.1, 0.15) is 19.0 Å². The maximum Gasteiger partial charge on any atom is 0.250 e. The molecule has 0 spiro atoms. The summed E-state index contributed by atoms with van der Waals surface area (Å²) >= 11 is 0. The van der Waals surface area contributed by atoms with E-state index in [0.717, 1.165) is 0 Å². The maximum absolute atomic E-state index is 11.4. The lowest BCUT2D eigenvalue weighted by atomic mass is 10.2. The summed E-state index contributed by atoms with van der Waals surface area (Å²) in [5.74, 6) is 0.842. The topological polar surface area (TPSA) is 76.5 Å². The highest BCUT2D eigenvalue weighted by molar-refractivity contribution is 6.12. The van der Waals surface area contributed by atoms with Crippen LogP contribution in [0.15, 0.2) is 17.4 Å². The van der Waals surface area contributed by atoms with Crippen molar-refractivity contribution >= 4 is 11.7 Å². The van der Waals surface area contributed by atoms with Crippen molar-refractivity contribution < 1.29 is 9.53 Å². The number of hydrogen-bond donors (Lipinski definition) is 1. The van der Waals surface area contributed by atoms with Gasteiger partial charge in [0.1, 0.15) is 18.1 Å². The molecule has 2 heterocycles. The summed E-state index contributed by atoms with van der Waals surface area (Å²) in [6.45, 7) is 1.91. The Kier molecular flexibility index (Phi) is 2.80. The summed E-state index contributed by atoms with van der Waals surface area (Å²) in [6, 6.07) is 1.33. The van der Waals surface area contributed by atoms with Crippen LogP contribution in [-0.4, -0.2) is 34.9 Å². The minimum atomic E-state index is -0.309. The van der Waals surface area contributed by atoms with Crippen LogP contribution in [0.4, 0.5) is 0 Å². The Morgan fingerprint density at radius 1 is 1.50 bits per heavy atom. The number of aliphatic imine (C=N–C) groups is 1. The number of nitrogens with one attached hydrogen (secondary N) is 1. The molecule has 6 heteroatoms. The molecule has 1 atom stereocenters. The van der Waals surface area contributed by atoms with Gasteiger partial charge in [-0.3, -0.25) is 9.79 Å². The van der Waals surface area contributed by atoms with Crippen LogP contribution in [0.5, 0.6) is 5.88 Å². The van der Waals surface area contributed by atoms with Gasteiger partial charge in [0.05, 0.1) is 7.11 Å². The Morgan fingerprint density at radius 2 is 2.31 bits per heavy atom. The second kappa shape index (κ2) is 4.26. The predicted molar refractivity (Wildman–Crippen MR) is 57.3 cm³/mol. The van der Waals surface area contributed by atoms with E-state index in [1.165, 1.54) is 13.4 Å². The predicted octanol–water partition coefficient (Wildman–Crippen LogP) is 0.140. The van der Waals surface area contributed by atoms with Crippen LogP contribution >= 0.6 is 0 Å². The number of amides is 1. The zero-order valence-electron chi connectivity index (χ0n) is 9.10. The second-order valence-corrected chi connectivity index (χ2v) is 3.34. The Labute approximate surface area is 92.8 Å². The van der Waals surface area contributed by atoms with Gasteiger partial charge in [-0.15, -0.1) is 0 Å². The number of methoxy groups -OCH3 is 1. The van der Waals surface area contributed by atoms with E-state index in [1.54, 1.807) is 6.07 Å². The lowest BCUT2D eigenvalue weighted by Gasteiger charge is -2.01. The number of hydrogen-bond acceptors (Lipinski definition) is 5. The first-order chi connectivity index (χ1) is 7.74. The summed E-state index contributed by atoms with van der Waals surface area (Å²) in [5.41, 5.74) is 0.566. The normalized spacial score (nSPS) is 19.2. The Balaban J connectivity index is 2.28. The van der Waals surface area contributed by atoms with Crippen molar-refractivity contribution in [2.24, 2.45) is 4.99 Å². The first-order valence-corrected chi connectivity index (χ1v) is 4.99. The van der Waals surface area contributed by atoms with Gasteiger partial charge in [-0.05, 0) is 6.42 Å². The number of aromatic nitrogens is 2. The van der Waals surface area contributed by atoms with Crippen LogP contribution in [0.25, 0.3) is 0 Å². The van der Waals surface area contributed by atoms with Crippen LogP contribution in [-0.2, 0) is 4.79 Å². The fourth-order valence-corrected chi connectivity index (χ4v) is 1.43.